The van der Waals surface area contributed by atoms with Crippen molar-refractivity contribution in [3.05, 3.63) is 75.9 Å². The molecule has 0 saturated carbocycles. The maximum absolute atomic E-state index is 13.2. The van der Waals surface area contributed by atoms with Crippen molar-refractivity contribution in [2.24, 2.45) is 0 Å². The number of carbonyl (C=O) groups excluding carboxylic acids is 3. The number of amides is 3. The Morgan fingerprint density at radius 3 is 2.79 bits per heavy atom. The highest BCUT2D eigenvalue weighted by molar-refractivity contribution is 6.33. The Hall–Kier alpha value is -3.94. The number of imidazole rings is 1. The number of hydrogen-bond donors (Lipinski definition) is 4. The summed E-state index contributed by atoms with van der Waals surface area (Å²) in [4.78, 5) is 44.3. The zero-order valence-electron chi connectivity index (χ0n) is 17.7. The van der Waals surface area contributed by atoms with Crippen LogP contribution >= 0.6 is 11.6 Å². The molecule has 9 nitrogen and oxygen atoms in total. The van der Waals surface area contributed by atoms with Crippen LogP contribution in [0.25, 0.3) is 0 Å². The van der Waals surface area contributed by atoms with Crippen molar-refractivity contribution in [3.63, 3.8) is 0 Å². The molecule has 1 aromatic heterocycles. The fourth-order valence-electron chi connectivity index (χ4n) is 3.29. The molecule has 2 heterocycles. The van der Waals surface area contributed by atoms with E-state index in [4.69, 9.17) is 16.3 Å². The van der Waals surface area contributed by atoms with Crippen molar-refractivity contribution in [2.45, 2.75) is 18.9 Å². The van der Waals surface area contributed by atoms with Gasteiger partial charge in [-0.2, -0.15) is 0 Å². The Morgan fingerprint density at radius 2 is 2.03 bits per heavy atom. The first-order valence-electron chi connectivity index (χ1n) is 10.3. The highest BCUT2D eigenvalue weighted by Gasteiger charge is 2.24. The smallest absolute Gasteiger partial charge is 0.276 e. The van der Waals surface area contributed by atoms with Crippen LogP contribution in [0.3, 0.4) is 0 Å². The molecule has 1 saturated heterocycles. The van der Waals surface area contributed by atoms with Crippen LogP contribution in [-0.4, -0.2) is 46.9 Å². The van der Waals surface area contributed by atoms with E-state index in [1.807, 2.05) is 0 Å². The quantitative estimate of drug-likeness (QED) is 0.468. The average Bonchev–Trinajstić information content (AvgIpc) is 3.44. The van der Waals surface area contributed by atoms with Gasteiger partial charge in [0, 0.05) is 18.7 Å². The molecular formula is C23H19ClFN5O4. The molecule has 0 spiro atoms. The second-order valence-electron chi connectivity index (χ2n) is 7.44. The maximum atomic E-state index is 13.2. The number of benzene rings is 1. The summed E-state index contributed by atoms with van der Waals surface area (Å²) in [5.41, 5.74) is 0.803. The van der Waals surface area contributed by atoms with E-state index in [-0.39, 0.29) is 40.1 Å². The molecule has 174 valence electrons. The highest BCUT2D eigenvalue weighted by atomic mass is 35.5. The van der Waals surface area contributed by atoms with Crippen molar-refractivity contribution < 1.29 is 23.5 Å². The van der Waals surface area contributed by atoms with Gasteiger partial charge in [0.05, 0.1) is 35.3 Å². The summed E-state index contributed by atoms with van der Waals surface area (Å²) in [6, 6.07) is 3.33. The largest absolute Gasteiger partial charge is 0.379 e. The number of halogens is 2. The van der Waals surface area contributed by atoms with Gasteiger partial charge in [-0.15, -0.1) is 0 Å². The monoisotopic (exact) mass is 483 g/mol. The molecule has 1 atom stereocenters. The Labute approximate surface area is 198 Å². The molecule has 1 unspecified atom stereocenters. The lowest BCUT2D eigenvalue weighted by Gasteiger charge is -2.11. The standard InChI is InChI=1S/C23H19ClFN5O4/c24-18-10-13(25)4-7-17(18)21(31)28-14-2-1-3-15(6-5-14)29-22(32)19-20(27-12-26-19)23(33)30-16-8-9-34-11-16/h4-7,10,12,16H,3,8-9,11H2,(H,26,27)(H,28,31)(H,29,32)(H,30,33). The minimum atomic E-state index is -0.582. The molecule has 1 aromatic carbocycles. The maximum Gasteiger partial charge on any atom is 0.276 e. The van der Waals surface area contributed by atoms with E-state index in [1.54, 1.807) is 6.08 Å². The van der Waals surface area contributed by atoms with Crippen molar-refractivity contribution in [2.75, 3.05) is 13.2 Å². The lowest BCUT2D eigenvalue weighted by molar-refractivity contribution is 0.0903. The first kappa shape index (κ1) is 23.2. The van der Waals surface area contributed by atoms with Gasteiger partial charge in [-0.25, -0.2) is 9.37 Å². The van der Waals surface area contributed by atoms with Crippen molar-refractivity contribution in [1.82, 2.24) is 25.9 Å². The van der Waals surface area contributed by atoms with Gasteiger partial charge < -0.3 is 25.7 Å². The van der Waals surface area contributed by atoms with E-state index >= 15 is 0 Å². The Morgan fingerprint density at radius 1 is 1.18 bits per heavy atom. The molecule has 3 amide bonds. The third kappa shape index (κ3) is 5.51. The molecular weight excluding hydrogens is 465 g/mol. The predicted octanol–water partition coefficient (Wildman–Crippen LogP) is 2.06. The van der Waals surface area contributed by atoms with Crippen LogP contribution in [0.1, 0.15) is 44.2 Å². The number of hydrogen-bond acceptors (Lipinski definition) is 5. The Balaban J connectivity index is 1.41. The number of nitrogens with zero attached hydrogens (tertiary/aromatic N) is 1. The molecule has 0 bridgehead atoms. The predicted molar refractivity (Wildman–Crippen MR) is 120 cm³/mol. The van der Waals surface area contributed by atoms with Crippen LogP contribution < -0.4 is 16.0 Å². The van der Waals surface area contributed by atoms with E-state index < -0.39 is 23.5 Å². The normalized spacial score (nSPS) is 16.9. The molecule has 34 heavy (non-hydrogen) atoms. The van der Waals surface area contributed by atoms with E-state index in [0.29, 0.717) is 25.3 Å². The average molecular weight is 484 g/mol. The second kappa shape index (κ2) is 10.3. The summed E-state index contributed by atoms with van der Waals surface area (Å²) >= 11 is 5.93. The number of allylic oxidation sites excluding steroid dienone is 4. The van der Waals surface area contributed by atoms with Gasteiger partial charge in [0.15, 0.2) is 5.69 Å². The van der Waals surface area contributed by atoms with E-state index in [1.165, 1.54) is 18.5 Å². The molecule has 1 aliphatic heterocycles. The number of ether oxygens (including phenoxy) is 1. The van der Waals surface area contributed by atoms with Crippen LogP contribution in [0.15, 0.2) is 48.1 Å². The molecule has 2 aromatic rings. The van der Waals surface area contributed by atoms with Crippen molar-refractivity contribution >= 4 is 29.3 Å². The Bertz CT molecular complexity index is 1270. The second-order valence-corrected chi connectivity index (χ2v) is 7.85. The van der Waals surface area contributed by atoms with Gasteiger partial charge in [-0.3, -0.25) is 14.4 Å². The van der Waals surface area contributed by atoms with Crippen LogP contribution in [0.4, 0.5) is 4.39 Å². The highest BCUT2D eigenvalue weighted by Crippen LogP contribution is 2.17. The summed E-state index contributed by atoms with van der Waals surface area (Å²) in [6.07, 6.45) is 5.23. The number of rotatable bonds is 6. The van der Waals surface area contributed by atoms with Gasteiger partial charge in [0.25, 0.3) is 17.7 Å². The van der Waals surface area contributed by atoms with Gasteiger partial charge in [-0.05, 0) is 42.7 Å². The van der Waals surface area contributed by atoms with Crippen molar-refractivity contribution in [3.8, 4) is 11.8 Å². The van der Waals surface area contributed by atoms with E-state index in [0.717, 1.165) is 12.1 Å². The molecule has 2 aliphatic rings. The summed E-state index contributed by atoms with van der Waals surface area (Å²) < 4.78 is 18.4. The summed E-state index contributed by atoms with van der Waals surface area (Å²) in [5.74, 6) is 3.48. The van der Waals surface area contributed by atoms with Gasteiger partial charge in [0.1, 0.15) is 11.5 Å². The number of nitrogens with one attached hydrogen (secondary N) is 4. The van der Waals surface area contributed by atoms with Gasteiger partial charge >= 0.3 is 0 Å². The van der Waals surface area contributed by atoms with Crippen LogP contribution in [0.5, 0.6) is 0 Å². The first-order chi connectivity index (χ1) is 16.4. The molecule has 1 aliphatic carbocycles. The topological polar surface area (TPSA) is 125 Å². The fourth-order valence-corrected chi connectivity index (χ4v) is 3.54. The zero-order chi connectivity index (χ0) is 24.1. The third-order valence-corrected chi connectivity index (χ3v) is 5.31. The molecule has 0 radical (unpaired) electrons. The molecule has 4 rings (SSSR count). The lowest BCUT2D eigenvalue weighted by atomic mass is 10.2. The van der Waals surface area contributed by atoms with E-state index in [2.05, 4.69) is 37.8 Å². The van der Waals surface area contributed by atoms with Gasteiger partial charge in [0.2, 0.25) is 0 Å². The SMILES string of the molecule is O=C(NC1=CC=C(NC(=O)c2nc[nH]c2C(=O)NC2CCOC2)CC#C1)c1ccc(F)cc1Cl. The van der Waals surface area contributed by atoms with Crippen molar-refractivity contribution in [1.29, 1.82) is 0 Å². The number of aromatic amines is 1. The molecule has 11 heteroatoms. The van der Waals surface area contributed by atoms with Crippen LogP contribution in [-0.2, 0) is 4.74 Å². The Kier molecular flexibility index (Phi) is 7.06. The fraction of sp³-hybridized carbons (Fsp3) is 0.217. The summed E-state index contributed by atoms with van der Waals surface area (Å²) in [7, 11) is 0. The summed E-state index contributed by atoms with van der Waals surface area (Å²) in [6.45, 7) is 0.995. The molecule has 1 fully saturated rings. The minimum Gasteiger partial charge on any atom is -0.379 e. The van der Waals surface area contributed by atoms with Crippen LogP contribution in [0, 0.1) is 17.7 Å². The third-order valence-electron chi connectivity index (χ3n) is 5.00. The number of H-pyrrole nitrogens is 1. The van der Waals surface area contributed by atoms with Gasteiger partial charge in [-0.1, -0.05) is 17.5 Å². The number of aromatic nitrogens is 2. The minimum absolute atomic E-state index is 0.0255. The first-order valence-corrected chi connectivity index (χ1v) is 10.7. The zero-order valence-corrected chi connectivity index (χ0v) is 18.5. The summed E-state index contributed by atoms with van der Waals surface area (Å²) in [5, 5.41) is 8.06. The van der Waals surface area contributed by atoms with E-state index in [9.17, 15) is 18.8 Å². The molecule has 4 N–H and O–H groups in total. The number of carbonyl (C=O) groups is 3. The lowest BCUT2D eigenvalue weighted by Crippen LogP contribution is -2.36. The van der Waals surface area contributed by atoms with Crippen LogP contribution in [0.2, 0.25) is 5.02 Å².